The highest BCUT2D eigenvalue weighted by Crippen LogP contribution is 2.60. The molecule has 0 saturated heterocycles. The van der Waals surface area contributed by atoms with E-state index in [0.717, 1.165) is 36.3 Å². The molecule has 0 aromatic heterocycles. The summed E-state index contributed by atoms with van der Waals surface area (Å²) in [5.41, 5.74) is 19.0. The van der Waals surface area contributed by atoms with E-state index in [0.29, 0.717) is 0 Å². The molecule has 0 radical (unpaired) electrons. The van der Waals surface area contributed by atoms with Gasteiger partial charge in [-0.3, -0.25) is 0 Å². The quantitative estimate of drug-likeness (QED) is 0.165. The van der Waals surface area contributed by atoms with Gasteiger partial charge >= 0.3 is 0 Å². The third-order valence-corrected chi connectivity index (χ3v) is 16.3. The average molecular weight is 818 g/mol. The molecule has 3 aliphatic carbocycles. The molecule has 8 bridgehead atoms. The molecule has 1 saturated carbocycles. The Morgan fingerprint density at radius 1 is 0.619 bits per heavy atom. The summed E-state index contributed by atoms with van der Waals surface area (Å²) in [6.45, 7) is 10.2. The normalized spacial score (nSPS) is 25.5. The average Bonchev–Trinajstić information content (AvgIpc) is 3.53. The maximum absolute atomic E-state index is 2.95. The first-order valence-electron chi connectivity index (χ1n) is 23.5. The van der Waals surface area contributed by atoms with E-state index in [1.54, 1.807) is 5.56 Å². The fourth-order valence-electron chi connectivity index (χ4n) is 13.1. The molecule has 6 aromatic rings. The fourth-order valence-corrected chi connectivity index (χ4v) is 13.1. The van der Waals surface area contributed by atoms with Gasteiger partial charge in [-0.15, -0.1) is 0 Å². The third kappa shape index (κ3) is 5.52. The highest BCUT2D eigenvalue weighted by atomic mass is 15.3. The van der Waals surface area contributed by atoms with Gasteiger partial charge < -0.3 is 14.7 Å². The minimum atomic E-state index is -0.577. The van der Waals surface area contributed by atoms with Crippen LogP contribution in [0.5, 0.6) is 0 Å². The molecule has 1 fully saturated rings. The Hall–Kier alpha value is -6.26. The number of hydrogen-bond donors (Lipinski definition) is 0. The number of fused-ring (bicyclic) bond motifs is 12. The molecule has 6 aromatic carbocycles. The van der Waals surface area contributed by atoms with Gasteiger partial charge in [0.2, 0.25) is 6.71 Å². The second-order valence-corrected chi connectivity index (χ2v) is 19.6. The lowest BCUT2D eigenvalue weighted by molar-refractivity contribution is 0.178. The van der Waals surface area contributed by atoms with E-state index in [2.05, 4.69) is 218 Å². The predicted octanol–water partition coefficient (Wildman–Crippen LogP) is 13.5. The SMILES string of the molecule is CB1c2ccc3cc2N(C2=CC(CC(C)=C2)N2c4c1cccc4C1(C)CCCCC21C)c1cccc(c1)C(C1=CCCC=C1)(c1ccccc1)c1cccc(c1)N3c1ccccc1. The zero-order valence-corrected chi connectivity index (χ0v) is 37.2. The first-order chi connectivity index (χ1) is 30.8. The van der Waals surface area contributed by atoms with Crippen molar-refractivity contribution in [3.8, 4) is 0 Å². The molecule has 0 spiro atoms. The van der Waals surface area contributed by atoms with E-state index in [4.69, 9.17) is 0 Å². The fraction of sp³-hybridized carbons (Fsp3) is 0.254. The molecule has 12 rings (SSSR count). The van der Waals surface area contributed by atoms with E-state index in [-0.39, 0.29) is 23.7 Å². The Morgan fingerprint density at radius 2 is 1.29 bits per heavy atom. The van der Waals surface area contributed by atoms with Crippen LogP contribution in [0.15, 0.2) is 193 Å². The Labute approximate surface area is 374 Å². The number of rotatable bonds is 3. The molecular formula is C59H56BN3. The summed E-state index contributed by atoms with van der Waals surface area (Å²) in [6, 6.07) is 56.1. The van der Waals surface area contributed by atoms with Crippen LogP contribution in [0.4, 0.5) is 34.1 Å². The lowest BCUT2D eigenvalue weighted by Gasteiger charge is -2.53. The van der Waals surface area contributed by atoms with E-state index in [9.17, 15) is 0 Å². The van der Waals surface area contributed by atoms with Gasteiger partial charge in [0.25, 0.3) is 0 Å². The largest absolute Gasteiger partial charge is 0.359 e. The Morgan fingerprint density at radius 3 is 2.03 bits per heavy atom. The van der Waals surface area contributed by atoms with Crippen LogP contribution in [0.3, 0.4) is 0 Å². The van der Waals surface area contributed by atoms with Crippen LogP contribution in [0.25, 0.3) is 0 Å². The number of benzene rings is 6. The molecule has 4 unspecified atom stereocenters. The molecule has 3 heterocycles. The summed E-state index contributed by atoms with van der Waals surface area (Å²) in [4.78, 5) is 8.07. The van der Waals surface area contributed by atoms with E-state index in [1.807, 2.05) is 0 Å². The van der Waals surface area contributed by atoms with Crippen molar-refractivity contribution < 1.29 is 0 Å². The van der Waals surface area contributed by atoms with Crippen LogP contribution in [-0.4, -0.2) is 18.3 Å². The Bertz CT molecular complexity index is 2930. The maximum atomic E-state index is 2.95. The van der Waals surface area contributed by atoms with Crippen LogP contribution in [0.1, 0.15) is 88.0 Å². The van der Waals surface area contributed by atoms with Gasteiger partial charge in [-0.25, -0.2) is 0 Å². The highest BCUT2D eigenvalue weighted by molar-refractivity contribution is 6.86. The summed E-state index contributed by atoms with van der Waals surface area (Å²) < 4.78 is 0. The monoisotopic (exact) mass is 817 g/mol. The van der Waals surface area contributed by atoms with Crippen molar-refractivity contribution in [2.24, 2.45) is 0 Å². The van der Waals surface area contributed by atoms with Gasteiger partial charge in [0, 0.05) is 50.8 Å². The lowest BCUT2D eigenvalue weighted by atomic mass is 9.41. The minimum absolute atomic E-state index is 0.0143. The first-order valence-corrected chi connectivity index (χ1v) is 23.5. The second-order valence-electron chi connectivity index (χ2n) is 19.6. The summed E-state index contributed by atoms with van der Waals surface area (Å²) in [7, 11) is 0. The van der Waals surface area contributed by atoms with Gasteiger partial charge in [-0.1, -0.05) is 158 Å². The van der Waals surface area contributed by atoms with E-state index >= 15 is 0 Å². The zero-order valence-electron chi connectivity index (χ0n) is 37.2. The van der Waals surface area contributed by atoms with Gasteiger partial charge in [0.1, 0.15) is 0 Å². The molecule has 63 heavy (non-hydrogen) atoms. The first kappa shape index (κ1) is 38.4. The van der Waals surface area contributed by atoms with Crippen molar-refractivity contribution in [1.82, 2.24) is 0 Å². The van der Waals surface area contributed by atoms with Crippen molar-refractivity contribution in [1.29, 1.82) is 0 Å². The number of anilines is 6. The van der Waals surface area contributed by atoms with E-state index in [1.165, 1.54) is 87.2 Å². The molecule has 6 aliphatic rings. The van der Waals surface area contributed by atoms with Crippen molar-refractivity contribution in [2.75, 3.05) is 14.7 Å². The predicted molar refractivity (Wildman–Crippen MR) is 267 cm³/mol. The number of para-hydroxylation sites is 2. The van der Waals surface area contributed by atoms with Gasteiger partial charge in [-0.05, 0) is 134 Å². The molecule has 310 valence electrons. The molecular weight excluding hydrogens is 761 g/mol. The Kier molecular flexibility index (Phi) is 8.78. The molecule has 0 amide bonds. The van der Waals surface area contributed by atoms with Crippen LogP contribution < -0.4 is 25.6 Å². The summed E-state index contributed by atoms with van der Waals surface area (Å²) in [6.07, 6.45) is 20.5. The zero-order chi connectivity index (χ0) is 42.5. The molecule has 4 heteroatoms. The number of nitrogens with zero attached hydrogens (tertiary/aromatic N) is 3. The molecule has 0 N–H and O–H groups in total. The minimum Gasteiger partial charge on any atom is -0.359 e. The van der Waals surface area contributed by atoms with Crippen LogP contribution >= 0.6 is 0 Å². The number of hydrogen-bond acceptors (Lipinski definition) is 3. The lowest BCUT2D eigenvalue weighted by Crippen LogP contribution is -2.60. The smallest absolute Gasteiger partial charge is 0.211 e. The van der Waals surface area contributed by atoms with Crippen LogP contribution in [0.2, 0.25) is 6.82 Å². The van der Waals surface area contributed by atoms with Gasteiger partial charge in [-0.2, -0.15) is 0 Å². The van der Waals surface area contributed by atoms with E-state index < -0.39 is 5.41 Å². The summed E-state index contributed by atoms with van der Waals surface area (Å²) >= 11 is 0. The van der Waals surface area contributed by atoms with Gasteiger partial charge in [0.15, 0.2) is 0 Å². The Balaban J connectivity index is 1.21. The van der Waals surface area contributed by atoms with Crippen molar-refractivity contribution in [3.05, 3.63) is 215 Å². The molecule has 3 aliphatic heterocycles. The topological polar surface area (TPSA) is 9.72 Å². The second kappa shape index (κ2) is 14.4. The number of allylic oxidation sites excluding steroid dienone is 5. The maximum Gasteiger partial charge on any atom is 0.211 e. The summed E-state index contributed by atoms with van der Waals surface area (Å²) in [5.74, 6) is 0. The van der Waals surface area contributed by atoms with Gasteiger partial charge in [0.05, 0.1) is 11.5 Å². The van der Waals surface area contributed by atoms with Crippen molar-refractivity contribution >= 4 is 51.8 Å². The van der Waals surface area contributed by atoms with Crippen molar-refractivity contribution in [3.63, 3.8) is 0 Å². The van der Waals surface area contributed by atoms with Crippen molar-refractivity contribution in [2.45, 2.75) is 95.0 Å². The summed E-state index contributed by atoms with van der Waals surface area (Å²) in [5, 5.41) is 0. The standard InChI is InChI=1S/C59H56BN3/c1-41-35-50-39-51(36-41)63-56-52(57(2)33-14-15-34-58(57,63)3)29-18-30-54(56)60(4)53-32-31-49-40-55(53)62(50)48-28-17-24-45(38-48)59(42-19-8-5-9-20-42,43-21-10-6-11-22-43)44-23-16-27-47(37-44)61(49)46-25-12-7-13-26-46/h5,7-10,12-13,16-32,35,37-40,51H,6,11,14-15,33-34,36H2,1-4H3. The third-order valence-electron chi connectivity index (χ3n) is 16.3. The molecule has 4 atom stereocenters. The van der Waals surface area contributed by atoms with Crippen LogP contribution in [-0.2, 0) is 10.8 Å². The highest BCUT2D eigenvalue weighted by Gasteiger charge is 2.59. The molecule has 3 nitrogen and oxygen atoms in total. The van der Waals surface area contributed by atoms with Crippen LogP contribution in [0, 0.1) is 0 Å².